The molecule has 1 unspecified atom stereocenters. The number of carbonyl (C=O) groups is 2. The number of likely N-dealkylation sites (tertiary alicyclic amines) is 1. The molecule has 1 aliphatic rings. The molecule has 2 rings (SSSR count). The number of ketones is 1. The third-order valence-corrected chi connectivity index (χ3v) is 3.29. The minimum atomic E-state index is -0.0300. The molecule has 1 aliphatic heterocycles. The molecule has 0 aromatic carbocycles. The Labute approximate surface area is 106 Å². The molecule has 0 bridgehead atoms. The second kappa shape index (κ2) is 5.82. The van der Waals surface area contributed by atoms with Gasteiger partial charge in [-0.25, -0.2) is 0 Å². The van der Waals surface area contributed by atoms with E-state index in [0.29, 0.717) is 18.8 Å². The van der Waals surface area contributed by atoms with Gasteiger partial charge in [-0.05, 0) is 31.5 Å². The van der Waals surface area contributed by atoms with Crippen molar-refractivity contribution in [2.24, 2.45) is 5.92 Å². The van der Waals surface area contributed by atoms with Crippen LogP contribution in [0.2, 0.25) is 0 Å². The van der Waals surface area contributed by atoms with Crippen molar-refractivity contribution < 1.29 is 14.0 Å². The molecule has 2 heterocycles. The zero-order valence-corrected chi connectivity index (χ0v) is 10.5. The predicted molar refractivity (Wildman–Crippen MR) is 66.3 cm³/mol. The Morgan fingerprint density at radius 2 is 2.39 bits per heavy atom. The Morgan fingerprint density at radius 3 is 3.06 bits per heavy atom. The zero-order chi connectivity index (χ0) is 13.0. The highest BCUT2D eigenvalue weighted by molar-refractivity contribution is 5.95. The maximum atomic E-state index is 11.9. The highest BCUT2D eigenvalue weighted by Crippen LogP contribution is 2.17. The summed E-state index contributed by atoms with van der Waals surface area (Å²) in [5.41, 5.74) is 0. The van der Waals surface area contributed by atoms with Gasteiger partial charge in [-0.2, -0.15) is 0 Å². The first-order chi connectivity index (χ1) is 8.70. The molecule has 0 spiro atoms. The lowest BCUT2D eigenvalue weighted by Crippen LogP contribution is -2.43. The number of nitrogens with one attached hydrogen (secondary N) is 1. The van der Waals surface area contributed by atoms with Gasteiger partial charge in [-0.1, -0.05) is 0 Å². The second-order valence-electron chi connectivity index (χ2n) is 4.59. The van der Waals surface area contributed by atoms with Crippen LogP contribution in [-0.4, -0.2) is 43.3 Å². The summed E-state index contributed by atoms with van der Waals surface area (Å²) in [6.07, 6.45) is 3.34. The summed E-state index contributed by atoms with van der Waals surface area (Å²) in [5, 5.41) is 2.67. The van der Waals surface area contributed by atoms with Crippen molar-refractivity contribution in [1.29, 1.82) is 0 Å². The number of carbonyl (C=O) groups excluding carboxylic acids is 2. The summed E-state index contributed by atoms with van der Waals surface area (Å²) in [6.45, 7) is 1.83. The first kappa shape index (κ1) is 12.8. The van der Waals surface area contributed by atoms with Crippen LogP contribution >= 0.6 is 0 Å². The normalized spacial score (nSPS) is 20.6. The minimum Gasteiger partial charge on any atom is -0.461 e. The summed E-state index contributed by atoms with van der Waals surface area (Å²) in [5.74, 6) is 0.410. The number of nitrogens with zero attached hydrogens (tertiary/aromatic N) is 1. The van der Waals surface area contributed by atoms with Gasteiger partial charge >= 0.3 is 0 Å². The predicted octanol–water partition coefficient (Wildman–Crippen LogP) is 0.920. The SMILES string of the molecule is CNC(=O)C1CCCN(CC(=O)c2ccco2)C1. The smallest absolute Gasteiger partial charge is 0.224 e. The van der Waals surface area contributed by atoms with Crippen LogP contribution in [0.25, 0.3) is 0 Å². The van der Waals surface area contributed by atoms with E-state index in [-0.39, 0.29) is 17.6 Å². The second-order valence-corrected chi connectivity index (χ2v) is 4.59. The van der Waals surface area contributed by atoms with E-state index in [1.54, 1.807) is 19.2 Å². The van der Waals surface area contributed by atoms with Crippen molar-refractivity contribution >= 4 is 11.7 Å². The molecular formula is C13H18N2O3. The van der Waals surface area contributed by atoms with E-state index in [1.165, 1.54) is 6.26 Å². The molecule has 0 radical (unpaired) electrons. The third-order valence-electron chi connectivity index (χ3n) is 3.29. The lowest BCUT2D eigenvalue weighted by Gasteiger charge is -2.30. The van der Waals surface area contributed by atoms with E-state index in [0.717, 1.165) is 19.4 Å². The minimum absolute atomic E-state index is 0.00634. The van der Waals surface area contributed by atoms with Crippen LogP contribution in [0.3, 0.4) is 0 Å². The fourth-order valence-electron chi connectivity index (χ4n) is 2.34. The maximum absolute atomic E-state index is 11.9. The van der Waals surface area contributed by atoms with Crippen LogP contribution in [0.15, 0.2) is 22.8 Å². The summed E-state index contributed by atoms with van der Waals surface area (Å²) >= 11 is 0. The van der Waals surface area contributed by atoms with Gasteiger partial charge in [0.05, 0.1) is 18.7 Å². The summed E-state index contributed by atoms with van der Waals surface area (Å²) in [4.78, 5) is 25.5. The van der Waals surface area contributed by atoms with Crippen LogP contribution in [0.4, 0.5) is 0 Å². The van der Waals surface area contributed by atoms with Crippen LogP contribution in [-0.2, 0) is 4.79 Å². The van der Waals surface area contributed by atoms with Crippen molar-refractivity contribution in [3.05, 3.63) is 24.2 Å². The molecular weight excluding hydrogens is 232 g/mol. The van der Waals surface area contributed by atoms with E-state index in [2.05, 4.69) is 5.32 Å². The molecule has 0 aliphatic carbocycles. The monoisotopic (exact) mass is 250 g/mol. The van der Waals surface area contributed by atoms with Gasteiger partial charge < -0.3 is 9.73 Å². The van der Waals surface area contributed by atoms with Gasteiger partial charge in [0.25, 0.3) is 0 Å². The molecule has 98 valence electrons. The van der Waals surface area contributed by atoms with Crippen LogP contribution in [0, 0.1) is 5.92 Å². The topological polar surface area (TPSA) is 62.6 Å². The molecule has 18 heavy (non-hydrogen) atoms. The Hall–Kier alpha value is -1.62. The fraction of sp³-hybridized carbons (Fsp3) is 0.538. The van der Waals surface area contributed by atoms with Gasteiger partial charge in [-0.3, -0.25) is 14.5 Å². The van der Waals surface area contributed by atoms with Gasteiger partial charge in [0.2, 0.25) is 11.7 Å². The Balaban J connectivity index is 1.90. The van der Waals surface area contributed by atoms with E-state index in [4.69, 9.17) is 4.42 Å². The number of amides is 1. The fourth-order valence-corrected chi connectivity index (χ4v) is 2.34. The van der Waals surface area contributed by atoms with Gasteiger partial charge in [-0.15, -0.1) is 0 Å². The van der Waals surface area contributed by atoms with E-state index < -0.39 is 0 Å². The Kier molecular flexibility index (Phi) is 4.15. The summed E-state index contributed by atoms with van der Waals surface area (Å²) in [7, 11) is 1.65. The van der Waals surface area contributed by atoms with Crippen LogP contribution in [0.1, 0.15) is 23.4 Å². The number of furan rings is 1. The average Bonchev–Trinajstić information content (AvgIpc) is 2.92. The number of rotatable bonds is 4. The van der Waals surface area contributed by atoms with E-state index in [9.17, 15) is 9.59 Å². The largest absolute Gasteiger partial charge is 0.461 e. The van der Waals surface area contributed by atoms with Gasteiger partial charge in [0, 0.05) is 13.6 Å². The number of hydrogen-bond acceptors (Lipinski definition) is 4. The van der Waals surface area contributed by atoms with Crippen molar-refractivity contribution in [1.82, 2.24) is 10.2 Å². The summed E-state index contributed by atoms with van der Waals surface area (Å²) < 4.78 is 5.08. The lowest BCUT2D eigenvalue weighted by atomic mass is 9.97. The quantitative estimate of drug-likeness (QED) is 0.807. The number of piperidine rings is 1. The van der Waals surface area contributed by atoms with Crippen LogP contribution in [0.5, 0.6) is 0 Å². The number of hydrogen-bond donors (Lipinski definition) is 1. The molecule has 5 nitrogen and oxygen atoms in total. The van der Waals surface area contributed by atoms with Crippen molar-refractivity contribution in [2.45, 2.75) is 12.8 Å². The molecule has 5 heteroatoms. The molecule has 1 aromatic rings. The van der Waals surface area contributed by atoms with E-state index >= 15 is 0 Å². The molecule has 1 amide bonds. The molecule has 1 saturated heterocycles. The zero-order valence-electron chi connectivity index (χ0n) is 10.5. The first-order valence-electron chi connectivity index (χ1n) is 6.21. The third kappa shape index (κ3) is 2.98. The van der Waals surface area contributed by atoms with Crippen molar-refractivity contribution in [3.63, 3.8) is 0 Å². The highest BCUT2D eigenvalue weighted by atomic mass is 16.3. The highest BCUT2D eigenvalue weighted by Gasteiger charge is 2.26. The number of Topliss-reactive ketones (excluding diaryl/α,β-unsaturated/α-hetero) is 1. The molecule has 1 aromatic heterocycles. The van der Waals surface area contributed by atoms with Crippen molar-refractivity contribution in [2.75, 3.05) is 26.7 Å². The van der Waals surface area contributed by atoms with Gasteiger partial charge in [0.15, 0.2) is 5.76 Å². The average molecular weight is 250 g/mol. The van der Waals surface area contributed by atoms with Gasteiger partial charge in [0.1, 0.15) is 0 Å². The first-order valence-corrected chi connectivity index (χ1v) is 6.21. The molecule has 1 atom stereocenters. The Bertz CT molecular complexity index is 414. The van der Waals surface area contributed by atoms with Crippen molar-refractivity contribution in [3.8, 4) is 0 Å². The Morgan fingerprint density at radius 1 is 1.56 bits per heavy atom. The lowest BCUT2D eigenvalue weighted by molar-refractivity contribution is -0.126. The van der Waals surface area contributed by atoms with E-state index in [1.807, 2.05) is 4.90 Å². The molecule has 1 N–H and O–H groups in total. The molecule has 0 saturated carbocycles. The summed E-state index contributed by atoms with van der Waals surface area (Å²) in [6, 6.07) is 3.37. The maximum Gasteiger partial charge on any atom is 0.224 e. The van der Waals surface area contributed by atoms with Crippen LogP contribution < -0.4 is 5.32 Å². The standard InChI is InChI=1S/C13H18N2O3/c1-14-13(17)10-4-2-6-15(8-10)9-11(16)12-5-3-7-18-12/h3,5,7,10H,2,4,6,8-9H2,1H3,(H,14,17). The molecule has 1 fully saturated rings.